The summed E-state index contributed by atoms with van der Waals surface area (Å²) in [6, 6.07) is 38.5. The third-order valence-electron chi connectivity index (χ3n) is 12.2. The lowest BCUT2D eigenvalue weighted by molar-refractivity contribution is -0.385. The minimum atomic E-state index is -4.47. The Morgan fingerprint density at radius 3 is 1.34 bits per heavy atom. The standard InChI is InChI=1S/C22H21F3N2O2.C12H13N3O3.C12H15N3O.C7H7N3O3.C7H4N2O2/c1-2-3-8-20-26-21(27-29-20)16-11-9-15(10-12-16)13-18(28)14-17-6-4-5-7-19(17)22(23,24)25;1-2-3-4-11-13-12(14-18-11)9-5-7-10(8-6-9)15(16)17;1-2-3-4-11-14-12(15-16-11)9-5-7-10(13)8-6-9;8-7(9-11)5-1-3-6(4-2-5)10(12)13;8-5-6-1-3-7(4-2-6)9(10)11/h4-7,9-12H,2-3,8,13-14H2,1H3;5-8H,2-4H2,1H3;5-8H,2-4,13H2,1H3;1-4,11H,(H2,8,9);1-4H. The van der Waals surface area contributed by atoms with Crippen molar-refractivity contribution in [3.63, 3.8) is 0 Å². The summed E-state index contributed by atoms with van der Waals surface area (Å²) in [5.41, 5.74) is 14.8. The molecule has 3 heterocycles. The number of oxime groups is 1. The molecule has 0 spiro atoms. The van der Waals surface area contributed by atoms with E-state index in [2.05, 4.69) is 56.3 Å². The van der Waals surface area contributed by atoms with Crippen molar-refractivity contribution in [3.8, 4) is 40.2 Å². The van der Waals surface area contributed by atoms with Crippen molar-refractivity contribution >= 4 is 34.4 Å². The summed E-state index contributed by atoms with van der Waals surface area (Å²) in [7, 11) is 0. The van der Waals surface area contributed by atoms with Crippen LogP contribution in [0.2, 0.25) is 0 Å². The maximum atomic E-state index is 13.1. The zero-order valence-electron chi connectivity index (χ0n) is 47.4. The zero-order valence-corrected chi connectivity index (χ0v) is 47.4. The highest BCUT2D eigenvalue weighted by Gasteiger charge is 2.33. The Morgan fingerprint density at radius 2 is 0.966 bits per heavy atom. The molecule has 0 bridgehead atoms. The van der Waals surface area contributed by atoms with Gasteiger partial charge in [0, 0.05) is 96.4 Å². The van der Waals surface area contributed by atoms with Gasteiger partial charge in [-0.15, -0.1) is 0 Å². The molecule has 3 aromatic heterocycles. The van der Waals surface area contributed by atoms with Crippen LogP contribution >= 0.6 is 0 Å². The number of carbonyl (C=O) groups excluding carboxylic acids is 1. The molecule has 0 fully saturated rings. The third kappa shape index (κ3) is 21.9. The number of benzene rings is 6. The lowest BCUT2D eigenvalue weighted by Crippen LogP contribution is -2.13. The SMILES string of the molecule is CCCCc1nc(-c2ccc(CC(=O)Cc3ccccc3C(F)(F)F)cc2)no1.CCCCc1nc(-c2ccc(N)cc2)no1.CCCCc1nc(-c2ccc([N+](=O)[O-])cc2)no1.N#Cc1ccc([N+](=O)[O-])cc1.N/C(=N\O)c1ccc([N+](=O)[O-])cc1. The van der Waals surface area contributed by atoms with Gasteiger partial charge in [0.25, 0.3) is 17.1 Å². The van der Waals surface area contributed by atoms with Crippen molar-refractivity contribution in [1.82, 2.24) is 30.4 Å². The molecule has 452 valence electrons. The van der Waals surface area contributed by atoms with Gasteiger partial charge in [0.1, 0.15) is 5.78 Å². The Morgan fingerprint density at radius 1 is 0.586 bits per heavy atom. The lowest BCUT2D eigenvalue weighted by atomic mass is 9.98. The van der Waals surface area contributed by atoms with Crippen LogP contribution in [0.5, 0.6) is 0 Å². The Balaban J connectivity index is 0.000000208. The number of nitro benzene ring substituents is 3. The number of nitrogen functional groups attached to an aromatic ring is 1. The fraction of sp³-hybridized carbons (Fsp3) is 0.250. The predicted molar refractivity (Wildman–Crippen MR) is 313 cm³/mol. The smallest absolute Gasteiger partial charge is 0.409 e. The van der Waals surface area contributed by atoms with Gasteiger partial charge in [-0.2, -0.15) is 33.4 Å². The monoisotopic (exact) mass is 1200 g/mol. The van der Waals surface area contributed by atoms with Gasteiger partial charge in [-0.05, 0) is 97.1 Å². The number of nitriles is 1. The first-order chi connectivity index (χ1) is 41.7. The number of nitrogens with two attached hydrogens (primary N) is 2. The number of aryl methyl sites for hydroxylation is 3. The second-order valence-corrected chi connectivity index (χ2v) is 18.7. The van der Waals surface area contributed by atoms with Crippen LogP contribution in [0.4, 0.5) is 35.9 Å². The van der Waals surface area contributed by atoms with Crippen LogP contribution in [0, 0.1) is 41.7 Å². The molecule has 0 saturated carbocycles. The second-order valence-electron chi connectivity index (χ2n) is 18.7. The van der Waals surface area contributed by atoms with E-state index in [1.165, 1.54) is 78.9 Å². The van der Waals surface area contributed by atoms with Crippen molar-refractivity contribution in [2.45, 2.75) is 97.6 Å². The molecule has 0 unspecified atom stereocenters. The fourth-order valence-electron chi connectivity index (χ4n) is 7.46. The molecule has 9 aromatic rings. The highest BCUT2D eigenvalue weighted by atomic mass is 19.4. The average molecular weight is 1200 g/mol. The molecule has 0 radical (unpaired) electrons. The molecule has 27 heteroatoms. The summed E-state index contributed by atoms with van der Waals surface area (Å²) >= 11 is 0. The molecular formula is C60H60F3N13O11. The molecule has 24 nitrogen and oxygen atoms in total. The number of anilines is 1. The number of alkyl halides is 3. The highest BCUT2D eigenvalue weighted by Crippen LogP contribution is 2.32. The normalized spacial score (nSPS) is 10.7. The average Bonchev–Trinajstić information content (AvgIpc) is 4.16. The number of hydrogen-bond acceptors (Lipinski definition) is 20. The van der Waals surface area contributed by atoms with Gasteiger partial charge in [-0.25, -0.2) is 0 Å². The minimum Gasteiger partial charge on any atom is -0.409 e. The van der Waals surface area contributed by atoms with E-state index < -0.39 is 26.5 Å². The minimum absolute atomic E-state index is 0.00370. The van der Waals surface area contributed by atoms with E-state index in [9.17, 15) is 48.3 Å². The van der Waals surface area contributed by atoms with Gasteiger partial charge in [0.15, 0.2) is 5.84 Å². The third-order valence-corrected chi connectivity index (χ3v) is 12.2. The zero-order chi connectivity index (χ0) is 63.3. The van der Waals surface area contributed by atoms with Crippen LogP contribution in [0.1, 0.15) is 105 Å². The first kappa shape index (κ1) is 66.8. The van der Waals surface area contributed by atoms with Crippen LogP contribution < -0.4 is 11.5 Å². The van der Waals surface area contributed by atoms with Crippen LogP contribution in [0.15, 0.2) is 164 Å². The number of hydrogen-bond donors (Lipinski definition) is 3. The molecule has 0 amide bonds. The Hall–Kier alpha value is -11.0. The number of nitrogens with zero attached hydrogens (tertiary/aromatic N) is 11. The van der Waals surface area contributed by atoms with Crippen LogP contribution in [-0.2, 0) is 43.1 Å². The molecule has 0 aliphatic heterocycles. The van der Waals surface area contributed by atoms with Crippen molar-refractivity contribution in [2.24, 2.45) is 10.9 Å². The van der Waals surface area contributed by atoms with Crippen molar-refractivity contribution in [1.29, 1.82) is 5.26 Å². The van der Waals surface area contributed by atoms with E-state index in [1.807, 2.05) is 30.3 Å². The Kier molecular flexibility index (Phi) is 26.0. The van der Waals surface area contributed by atoms with Gasteiger partial charge in [-0.3, -0.25) is 35.1 Å². The molecule has 0 aliphatic rings. The van der Waals surface area contributed by atoms with Crippen molar-refractivity contribution in [2.75, 3.05) is 5.73 Å². The summed E-state index contributed by atoms with van der Waals surface area (Å²) in [6.45, 7) is 6.31. The van der Waals surface area contributed by atoms with E-state index in [0.29, 0.717) is 51.8 Å². The number of nitro groups is 3. The molecule has 5 N–H and O–H groups in total. The molecule has 87 heavy (non-hydrogen) atoms. The summed E-state index contributed by atoms with van der Waals surface area (Å²) in [6.07, 6.45) is 3.93. The van der Waals surface area contributed by atoms with E-state index in [-0.39, 0.29) is 47.1 Å². The number of halogens is 3. The summed E-state index contributed by atoms with van der Waals surface area (Å²) in [5.74, 6) is 3.12. The van der Waals surface area contributed by atoms with Gasteiger partial charge in [0.05, 0.1) is 32.0 Å². The lowest BCUT2D eigenvalue weighted by Gasteiger charge is -2.12. The summed E-state index contributed by atoms with van der Waals surface area (Å²) in [4.78, 5) is 54.7. The van der Waals surface area contributed by atoms with E-state index in [4.69, 9.17) is 35.5 Å². The number of unbranched alkanes of at least 4 members (excludes halogenated alkanes) is 3. The largest absolute Gasteiger partial charge is 0.416 e. The quantitative estimate of drug-likeness (QED) is 0.0159. The summed E-state index contributed by atoms with van der Waals surface area (Å²) in [5, 5.41) is 62.1. The number of aromatic nitrogens is 6. The first-order valence-electron chi connectivity index (χ1n) is 27.0. The van der Waals surface area contributed by atoms with Crippen molar-refractivity contribution < 1.29 is 51.5 Å². The maximum Gasteiger partial charge on any atom is 0.416 e. The second kappa shape index (κ2) is 33.9. The first-order valence-corrected chi connectivity index (χ1v) is 27.0. The molecular weight excluding hydrogens is 1140 g/mol. The summed E-state index contributed by atoms with van der Waals surface area (Å²) < 4.78 is 54.7. The topological polar surface area (TPSA) is 372 Å². The Bertz CT molecular complexity index is 3700. The number of ketones is 1. The van der Waals surface area contributed by atoms with Crippen LogP contribution in [-0.4, -0.2) is 62.0 Å². The molecule has 6 aromatic carbocycles. The van der Waals surface area contributed by atoms with Gasteiger partial charge in [0.2, 0.25) is 35.1 Å². The highest BCUT2D eigenvalue weighted by molar-refractivity contribution is 5.97. The van der Waals surface area contributed by atoms with Gasteiger partial charge < -0.3 is 30.2 Å². The van der Waals surface area contributed by atoms with Crippen LogP contribution in [0.25, 0.3) is 34.2 Å². The van der Waals surface area contributed by atoms with Crippen LogP contribution in [0.3, 0.4) is 0 Å². The van der Waals surface area contributed by atoms with Crippen molar-refractivity contribution in [3.05, 3.63) is 221 Å². The molecule has 0 aliphatic carbocycles. The van der Waals surface area contributed by atoms with Gasteiger partial charge >= 0.3 is 6.18 Å². The number of rotatable bonds is 20. The van der Waals surface area contributed by atoms with Gasteiger partial charge in [-0.1, -0.05) is 103 Å². The molecule has 0 atom stereocenters. The number of amidine groups is 1. The number of non-ortho nitro benzene ring substituents is 3. The molecule has 9 rings (SSSR count). The fourth-order valence-corrected chi connectivity index (χ4v) is 7.46. The Labute approximate surface area is 495 Å². The van der Waals surface area contributed by atoms with E-state index in [1.54, 1.807) is 36.4 Å². The maximum absolute atomic E-state index is 13.1. The van der Waals surface area contributed by atoms with E-state index in [0.717, 1.165) is 86.2 Å². The number of carbonyl (C=O) groups is 1. The predicted octanol–water partition coefficient (Wildman–Crippen LogP) is 13.3. The van der Waals surface area contributed by atoms with E-state index >= 15 is 0 Å². The number of Topliss-reactive ketones (excluding diaryl/α,β-unsaturated/α-hetero) is 1. The molecule has 0 saturated heterocycles.